The number of rotatable bonds is 9. The average molecular weight is 397 g/mol. The molecule has 0 unspecified atom stereocenters. The first-order valence-electron chi connectivity index (χ1n) is 9.38. The monoisotopic (exact) mass is 397 g/mol. The topological polar surface area (TPSA) is 98.0 Å². The van der Waals surface area contributed by atoms with Gasteiger partial charge in [-0.15, -0.1) is 0 Å². The summed E-state index contributed by atoms with van der Waals surface area (Å²) in [5.74, 6) is 0.952. The molecular weight excluding hydrogens is 374 g/mol. The minimum atomic E-state index is -0.385. The van der Waals surface area contributed by atoms with Gasteiger partial charge in [0.05, 0.1) is 24.7 Å². The molecule has 0 saturated heterocycles. The maximum absolute atomic E-state index is 12.8. The van der Waals surface area contributed by atoms with Crippen molar-refractivity contribution in [3.63, 3.8) is 0 Å². The van der Waals surface area contributed by atoms with Gasteiger partial charge >= 0.3 is 0 Å². The van der Waals surface area contributed by atoms with Crippen molar-refractivity contribution in [1.29, 1.82) is 0 Å². The molecule has 0 spiro atoms. The number of hydrogen-bond donors (Lipinski definition) is 2. The Bertz CT molecular complexity index is 1030. The molecular formula is C22H23NO6. The number of carbonyl (C=O) groups excluding carboxylic acids is 1. The van der Waals surface area contributed by atoms with E-state index in [4.69, 9.17) is 19.1 Å². The Morgan fingerprint density at radius 2 is 1.83 bits per heavy atom. The molecule has 7 nitrogen and oxygen atoms in total. The van der Waals surface area contributed by atoms with Gasteiger partial charge in [-0.2, -0.15) is 0 Å². The summed E-state index contributed by atoms with van der Waals surface area (Å²) in [6.07, 6.45) is 4.01. The third kappa shape index (κ3) is 5.14. The zero-order valence-electron chi connectivity index (χ0n) is 16.1. The first-order valence-corrected chi connectivity index (χ1v) is 9.38. The quantitative estimate of drug-likeness (QED) is 0.323. The number of amides is 1. The van der Waals surface area contributed by atoms with E-state index < -0.39 is 0 Å². The zero-order valence-corrected chi connectivity index (χ0v) is 16.1. The number of ether oxygens (including phenoxy) is 2. The Kier molecular flexibility index (Phi) is 6.86. The lowest BCUT2D eigenvalue weighted by atomic mass is 10.1. The highest BCUT2D eigenvalue weighted by molar-refractivity contribution is 5.82. The molecule has 0 aliphatic heterocycles. The van der Waals surface area contributed by atoms with Crippen LogP contribution in [0.15, 0.2) is 57.9 Å². The average Bonchev–Trinajstić information content (AvgIpc) is 2.76. The van der Waals surface area contributed by atoms with Gasteiger partial charge < -0.3 is 13.9 Å². The van der Waals surface area contributed by atoms with Gasteiger partial charge in [0.2, 0.25) is 5.91 Å². The van der Waals surface area contributed by atoms with Crippen LogP contribution in [0.2, 0.25) is 0 Å². The first kappa shape index (κ1) is 20.4. The maximum Gasteiger partial charge on any atom is 0.243 e. The standard InChI is InChI=1S/C22H23NO6/c1-27-16-8-6-15(7-9-16)19-14-29-20-13-17(10-11-18(20)22(19)25)28-12-4-2-3-5-21(24)23-26/h6-11,13-14,26H,2-5,12H2,1H3,(H,23,24). The van der Waals surface area contributed by atoms with Gasteiger partial charge in [-0.3, -0.25) is 14.8 Å². The van der Waals surface area contributed by atoms with E-state index in [0.717, 1.165) is 24.2 Å². The van der Waals surface area contributed by atoms with Crippen LogP contribution in [0.3, 0.4) is 0 Å². The molecule has 1 amide bonds. The Morgan fingerprint density at radius 1 is 1.07 bits per heavy atom. The molecule has 0 radical (unpaired) electrons. The highest BCUT2D eigenvalue weighted by Gasteiger charge is 2.10. The van der Waals surface area contributed by atoms with Crippen LogP contribution in [0.1, 0.15) is 25.7 Å². The van der Waals surface area contributed by atoms with Crippen molar-refractivity contribution in [1.82, 2.24) is 5.48 Å². The Balaban J connectivity index is 1.65. The van der Waals surface area contributed by atoms with E-state index in [2.05, 4.69) is 0 Å². The van der Waals surface area contributed by atoms with Crippen LogP contribution in [0.5, 0.6) is 11.5 Å². The molecule has 0 aliphatic rings. The van der Waals surface area contributed by atoms with Crippen LogP contribution in [0.4, 0.5) is 0 Å². The molecule has 3 aromatic rings. The van der Waals surface area contributed by atoms with Gasteiger partial charge in [0.15, 0.2) is 5.43 Å². The third-order valence-electron chi connectivity index (χ3n) is 4.59. The second kappa shape index (κ2) is 9.75. The number of benzene rings is 2. The lowest BCUT2D eigenvalue weighted by Crippen LogP contribution is -2.17. The summed E-state index contributed by atoms with van der Waals surface area (Å²) >= 11 is 0. The van der Waals surface area contributed by atoms with Crippen LogP contribution in [-0.2, 0) is 4.79 Å². The van der Waals surface area contributed by atoms with Crippen LogP contribution in [0.25, 0.3) is 22.1 Å². The maximum atomic E-state index is 12.8. The second-order valence-electron chi connectivity index (χ2n) is 6.56. The number of unbranched alkanes of at least 4 members (excludes halogenated alkanes) is 2. The molecule has 0 fully saturated rings. The smallest absolute Gasteiger partial charge is 0.243 e. The molecule has 152 valence electrons. The van der Waals surface area contributed by atoms with Crippen LogP contribution >= 0.6 is 0 Å². The zero-order chi connectivity index (χ0) is 20.6. The Labute approximate surface area is 167 Å². The molecule has 0 bridgehead atoms. The number of carbonyl (C=O) groups is 1. The lowest BCUT2D eigenvalue weighted by Gasteiger charge is -2.08. The van der Waals surface area contributed by atoms with Crippen molar-refractivity contribution in [3.05, 3.63) is 59.0 Å². The largest absolute Gasteiger partial charge is 0.497 e. The van der Waals surface area contributed by atoms with Crippen LogP contribution < -0.4 is 20.4 Å². The van der Waals surface area contributed by atoms with Gasteiger partial charge in [-0.25, -0.2) is 5.48 Å². The fourth-order valence-corrected chi connectivity index (χ4v) is 2.98. The first-order chi connectivity index (χ1) is 14.1. The van der Waals surface area contributed by atoms with Gasteiger partial charge in [0.1, 0.15) is 23.3 Å². The SMILES string of the molecule is COc1ccc(-c2coc3cc(OCCCCCC(=O)NO)ccc3c2=O)cc1. The molecule has 7 heteroatoms. The van der Waals surface area contributed by atoms with Crippen molar-refractivity contribution in [3.8, 4) is 22.6 Å². The summed E-state index contributed by atoms with van der Waals surface area (Å²) in [6, 6.07) is 12.4. The minimum Gasteiger partial charge on any atom is -0.497 e. The number of nitrogens with one attached hydrogen (secondary N) is 1. The van der Waals surface area contributed by atoms with Gasteiger partial charge in [-0.05, 0) is 49.1 Å². The van der Waals surface area contributed by atoms with Crippen molar-refractivity contribution >= 4 is 16.9 Å². The summed E-state index contributed by atoms with van der Waals surface area (Å²) < 4.78 is 16.5. The number of methoxy groups -OCH3 is 1. The molecule has 0 aliphatic carbocycles. The number of fused-ring (bicyclic) bond motifs is 1. The highest BCUT2D eigenvalue weighted by atomic mass is 16.5. The van der Waals surface area contributed by atoms with Crippen molar-refractivity contribution < 1.29 is 23.9 Å². The Morgan fingerprint density at radius 3 is 2.55 bits per heavy atom. The van der Waals surface area contributed by atoms with E-state index in [1.54, 1.807) is 42.9 Å². The molecule has 29 heavy (non-hydrogen) atoms. The molecule has 3 rings (SSSR count). The van der Waals surface area contributed by atoms with Crippen LogP contribution in [0, 0.1) is 0 Å². The molecule has 0 atom stereocenters. The van der Waals surface area contributed by atoms with E-state index in [1.807, 2.05) is 12.1 Å². The Hall–Kier alpha value is -3.32. The fourth-order valence-electron chi connectivity index (χ4n) is 2.98. The van der Waals surface area contributed by atoms with E-state index in [-0.39, 0.29) is 17.8 Å². The summed E-state index contributed by atoms with van der Waals surface area (Å²) in [6.45, 7) is 0.487. The number of hydroxylamine groups is 1. The molecule has 2 N–H and O–H groups in total. The predicted molar refractivity (Wildman–Crippen MR) is 108 cm³/mol. The minimum absolute atomic E-state index is 0.106. The van der Waals surface area contributed by atoms with Gasteiger partial charge in [-0.1, -0.05) is 12.1 Å². The summed E-state index contributed by atoms with van der Waals surface area (Å²) in [5.41, 5.74) is 3.21. The van der Waals surface area contributed by atoms with Crippen molar-refractivity contribution in [2.75, 3.05) is 13.7 Å². The van der Waals surface area contributed by atoms with E-state index in [0.29, 0.717) is 35.3 Å². The molecule has 2 aromatic carbocycles. The normalized spacial score (nSPS) is 10.7. The van der Waals surface area contributed by atoms with Gasteiger partial charge in [0.25, 0.3) is 0 Å². The van der Waals surface area contributed by atoms with E-state index >= 15 is 0 Å². The summed E-state index contributed by atoms with van der Waals surface area (Å²) in [7, 11) is 1.59. The van der Waals surface area contributed by atoms with E-state index in [9.17, 15) is 9.59 Å². The lowest BCUT2D eigenvalue weighted by molar-refractivity contribution is -0.129. The van der Waals surface area contributed by atoms with E-state index in [1.165, 1.54) is 6.26 Å². The van der Waals surface area contributed by atoms with Gasteiger partial charge in [0, 0.05) is 12.5 Å². The molecule has 1 heterocycles. The highest BCUT2D eigenvalue weighted by Crippen LogP contribution is 2.24. The molecule has 0 saturated carbocycles. The number of hydrogen-bond acceptors (Lipinski definition) is 6. The summed E-state index contributed by atoms with van der Waals surface area (Å²) in [5, 5.41) is 8.92. The third-order valence-corrected chi connectivity index (χ3v) is 4.59. The second-order valence-corrected chi connectivity index (χ2v) is 6.56. The fraction of sp³-hybridized carbons (Fsp3) is 0.273. The summed E-state index contributed by atoms with van der Waals surface area (Å²) in [4.78, 5) is 23.8. The van der Waals surface area contributed by atoms with Crippen molar-refractivity contribution in [2.45, 2.75) is 25.7 Å². The molecule has 1 aromatic heterocycles. The predicted octanol–water partition coefficient (Wildman–Crippen LogP) is 3.91. The van der Waals surface area contributed by atoms with Crippen LogP contribution in [-0.4, -0.2) is 24.8 Å². The van der Waals surface area contributed by atoms with Crippen molar-refractivity contribution in [2.24, 2.45) is 0 Å².